The Morgan fingerprint density at radius 1 is 1.23 bits per heavy atom. The summed E-state index contributed by atoms with van der Waals surface area (Å²) in [5.41, 5.74) is 7.96. The van der Waals surface area contributed by atoms with Crippen LogP contribution >= 0.6 is 12.4 Å². The summed E-state index contributed by atoms with van der Waals surface area (Å²) in [7, 11) is 0. The van der Waals surface area contributed by atoms with Gasteiger partial charge in [0.25, 0.3) is 0 Å². The summed E-state index contributed by atoms with van der Waals surface area (Å²) in [6.07, 6.45) is 3.45. The van der Waals surface area contributed by atoms with Crippen LogP contribution in [0.15, 0.2) is 6.33 Å². The van der Waals surface area contributed by atoms with Gasteiger partial charge < -0.3 is 11.1 Å². The van der Waals surface area contributed by atoms with Gasteiger partial charge in [-0.05, 0) is 13.0 Å². The van der Waals surface area contributed by atoms with E-state index >= 15 is 0 Å². The number of rotatable bonds is 0. The molecule has 2 heterocycles. The molecule has 0 amide bonds. The van der Waals surface area contributed by atoms with E-state index in [-0.39, 0.29) is 12.4 Å². The van der Waals surface area contributed by atoms with Crippen LogP contribution in [0.3, 0.4) is 0 Å². The third-order valence-corrected chi connectivity index (χ3v) is 2.16. The lowest BCUT2D eigenvalue weighted by atomic mass is 10.1. The maximum Gasteiger partial charge on any atom is 0.130 e. The van der Waals surface area contributed by atoms with Gasteiger partial charge in [-0.2, -0.15) is 0 Å². The van der Waals surface area contributed by atoms with Crippen LogP contribution in [-0.4, -0.2) is 23.1 Å². The molecule has 0 fully saturated rings. The molecule has 13 heavy (non-hydrogen) atoms. The van der Waals surface area contributed by atoms with Crippen molar-refractivity contribution in [1.82, 2.24) is 15.3 Å². The highest BCUT2D eigenvalue weighted by Crippen LogP contribution is 2.14. The predicted octanol–water partition coefficient (Wildman–Crippen LogP) is 0.169. The quantitative estimate of drug-likeness (QED) is 0.627. The molecule has 4 nitrogen and oxygen atoms in total. The average Bonchev–Trinajstić information content (AvgIpc) is 2.30. The van der Waals surface area contributed by atoms with Gasteiger partial charge in [0.05, 0.1) is 5.69 Å². The van der Waals surface area contributed by atoms with Crippen LogP contribution in [0.5, 0.6) is 0 Å². The summed E-state index contributed by atoms with van der Waals surface area (Å²) in [4.78, 5) is 8.18. The van der Waals surface area contributed by atoms with Crippen LogP contribution in [0, 0.1) is 0 Å². The molecule has 3 N–H and O–H groups in total. The van der Waals surface area contributed by atoms with Gasteiger partial charge in [-0.1, -0.05) is 0 Å². The molecule has 1 aliphatic rings. The molecule has 0 spiro atoms. The largest absolute Gasteiger partial charge is 0.383 e. The Balaban J connectivity index is 0.000000845. The fraction of sp³-hybridized carbons (Fsp3) is 0.500. The molecule has 0 unspecified atom stereocenters. The minimum atomic E-state index is 0. The Labute approximate surface area is 83.4 Å². The molecular weight excluding hydrogens is 188 g/mol. The van der Waals surface area contributed by atoms with Gasteiger partial charge in [0, 0.05) is 18.5 Å². The monoisotopic (exact) mass is 200 g/mol. The van der Waals surface area contributed by atoms with E-state index in [2.05, 4.69) is 15.3 Å². The van der Waals surface area contributed by atoms with E-state index in [1.54, 1.807) is 6.33 Å². The minimum absolute atomic E-state index is 0. The summed E-state index contributed by atoms with van der Waals surface area (Å²) >= 11 is 0. The van der Waals surface area contributed by atoms with E-state index in [1.807, 2.05) is 0 Å². The molecule has 0 radical (unpaired) electrons. The summed E-state index contributed by atoms with van der Waals surface area (Å²) in [6, 6.07) is 0. The maximum atomic E-state index is 5.73. The average molecular weight is 201 g/mol. The third kappa shape index (κ3) is 2.08. The van der Waals surface area contributed by atoms with Crippen molar-refractivity contribution in [3.8, 4) is 0 Å². The highest BCUT2D eigenvalue weighted by molar-refractivity contribution is 5.85. The van der Waals surface area contributed by atoms with E-state index in [0.29, 0.717) is 5.82 Å². The zero-order chi connectivity index (χ0) is 8.39. The van der Waals surface area contributed by atoms with E-state index in [4.69, 9.17) is 5.73 Å². The highest BCUT2D eigenvalue weighted by Gasteiger charge is 2.11. The van der Waals surface area contributed by atoms with E-state index in [0.717, 1.165) is 37.2 Å². The lowest BCUT2D eigenvalue weighted by Crippen LogP contribution is -2.16. The zero-order valence-corrected chi connectivity index (χ0v) is 8.10. The molecule has 0 aromatic carbocycles. The van der Waals surface area contributed by atoms with E-state index in [1.165, 1.54) is 0 Å². The lowest BCUT2D eigenvalue weighted by Gasteiger charge is -2.04. The summed E-state index contributed by atoms with van der Waals surface area (Å²) in [5.74, 6) is 0.642. The Bertz CT molecular complexity index is 289. The summed E-state index contributed by atoms with van der Waals surface area (Å²) < 4.78 is 0. The summed E-state index contributed by atoms with van der Waals surface area (Å²) in [6.45, 7) is 1.97. The fourth-order valence-corrected chi connectivity index (χ4v) is 1.50. The normalized spacial score (nSPS) is 15.4. The van der Waals surface area contributed by atoms with Gasteiger partial charge in [-0.3, -0.25) is 0 Å². The maximum absolute atomic E-state index is 5.73. The molecule has 0 atom stereocenters. The Kier molecular flexibility index (Phi) is 3.45. The first kappa shape index (κ1) is 10.2. The number of nitrogens with two attached hydrogens (primary N) is 1. The van der Waals surface area contributed by atoms with Crippen LogP contribution in [0.4, 0.5) is 5.82 Å². The van der Waals surface area contributed by atoms with Gasteiger partial charge in [0.15, 0.2) is 0 Å². The van der Waals surface area contributed by atoms with Gasteiger partial charge >= 0.3 is 0 Å². The Morgan fingerprint density at radius 2 is 2.00 bits per heavy atom. The van der Waals surface area contributed by atoms with Gasteiger partial charge in [-0.15, -0.1) is 12.4 Å². The first-order chi connectivity index (χ1) is 5.88. The molecule has 0 saturated heterocycles. The Hall–Kier alpha value is -0.870. The van der Waals surface area contributed by atoms with Crippen molar-refractivity contribution in [2.45, 2.75) is 12.8 Å². The molecule has 1 aliphatic heterocycles. The SMILES string of the molecule is Cl.Nc1ncnc2c1CCNCC2. The molecule has 72 valence electrons. The van der Waals surface area contributed by atoms with Crippen LogP contribution in [0.25, 0.3) is 0 Å². The summed E-state index contributed by atoms with van der Waals surface area (Å²) in [5, 5.41) is 3.30. The molecule has 5 heteroatoms. The second-order valence-corrected chi connectivity index (χ2v) is 2.93. The van der Waals surface area contributed by atoms with Crippen LogP contribution < -0.4 is 11.1 Å². The smallest absolute Gasteiger partial charge is 0.130 e. The van der Waals surface area contributed by atoms with Crippen LogP contribution in [0.2, 0.25) is 0 Å². The van der Waals surface area contributed by atoms with Crippen molar-refractivity contribution < 1.29 is 0 Å². The van der Waals surface area contributed by atoms with Crippen LogP contribution in [0.1, 0.15) is 11.3 Å². The molecular formula is C8H13ClN4. The van der Waals surface area contributed by atoms with Crippen molar-refractivity contribution in [1.29, 1.82) is 0 Å². The van der Waals surface area contributed by atoms with E-state index in [9.17, 15) is 0 Å². The second kappa shape index (κ2) is 4.39. The number of halogens is 1. The lowest BCUT2D eigenvalue weighted by molar-refractivity contribution is 0.708. The van der Waals surface area contributed by atoms with E-state index < -0.39 is 0 Å². The van der Waals surface area contributed by atoms with Crippen LogP contribution in [-0.2, 0) is 12.8 Å². The number of nitrogens with one attached hydrogen (secondary N) is 1. The highest BCUT2D eigenvalue weighted by atomic mass is 35.5. The van der Waals surface area contributed by atoms with Crippen molar-refractivity contribution in [3.05, 3.63) is 17.6 Å². The van der Waals surface area contributed by atoms with Crippen molar-refractivity contribution >= 4 is 18.2 Å². The molecule has 0 aliphatic carbocycles. The standard InChI is InChI=1S/C8H12N4.ClH/c9-8-6-1-3-10-4-2-7(6)11-5-12-8;/h5,10H,1-4H2,(H2,9,11,12);1H. The molecule has 1 aromatic heterocycles. The predicted molar refractivity (Wildman–Crippen MR) is 54.0 cm³/mol. The molecule has 0 bridgehead atoms. The van der Waals surface area contributed by atoms with Crippen molar-refractivity contribution in [2.75, 3.05) is 18.8 Å². The number of nitrogens with zero attached hydrogens (tertiary/aromatic N) is 2. The topological polar surface area (TPSA) is 63.8 Å². The number of fused-ring (bicyclic) bond motifs is 1. The number of nitrogen functional groups attached to an aromatic ring is 1. The first-order valence-corrected chi connectivity index (χ1v) is 4.17. The van der Waals surface area contributed by atoms with Gasteiger partial charge in [0.1, 0.15) is 12.1 Å². The molecule has 1 aromatic rings. The molecule has 0 saturated carbocycles. The van der Waals surface area contributed by atoms with Crippen molar-refractivity contribution in [3.63, 3.8) is 0 Å². The number of hydrogen-bond donors (Lipinski definition) is 2. The molecule has 2 rings (SSSR count). The van der Waals surface area contributed by atoms with Gasteiger partial charge in [-0.25, -0.2) is 9.97 Å². The Morgan fingerprint density at radius 3 is 2.85 bits per heavy atom. The fourth-order valence-electron chi connectivity index (χ4n) is 1.50. The minimum Gasteiger partial charge on any atom is -0.383 e. The number of anilines is 1. The second-order valence-electron chi connectivity index (χ2n) is 2.93. The third-order valence-electron chi connectivity index (χ3n) is 2.16. The zero-order valence-electron chi connectivity index (χ0n) is 7.29. The van der Waals surface area contributed by atoms with Gasteiger partial charge in [0.2, 0.25) is 0 Å². The number of aromatic nitrogens is 2. The van der Waals surface area contributed by atoms with Crippen molar-refractivity contribution in [2.24, 2.45) is 0 Å². The first-order valence-electron chi connectivity index (χ1n) is 4.17. The number of hydrogen-bond acceptors (Lipinski definition) is 4.